The van der Waals surface area contributed by atoms with Crippen molar-refractivity contribution < 1.29 is 13.9 Å². The molecule has 0 bridgehead atoms. The molecule has 0 saturated heterocycles. The van der Waals surface area contributed by atoms with E-state index in [2.05, 4.69) is 47.8 Å². The largest absolute Gasteiger partial charge is 0.486 e. The van der Waals surface area contributed by atoms with E-state index in [-0.39, 0.29) is 10.6 Å². The molecule has 0 spiro atoms. The first kappa shape index (κ1) is 15.3. The summed E-state index contributed by atoms with van der Waals surface area (Å²) in [4.78, 5) is -0.173. The lowest BCUT2D eigenvalue weighted by molar-refractivity contribution is 0.171. The van der Waals surface area contributed by atoms with Gasteiger partial charge in [0, 0.05) is 8.95 Å². The minimum absolute atomic E-state index is 0.173. The second-order valence-electron chi connectivity index (χ2n) is 4.55. The molecule has 1 atom stereocenters. The fourth-order valence-electron chi connectivity index (χ4n) is 2.15. The minimum Gasteiger partial charge on any atom is -0.486 e. The van der Waals surface area contributed by atoms with Gasteiger partial charge in [0.25, 0.3) is 0 Å². The number of alkyl halides is 1. The maximum absolute atomic E-state index is 13.5. The average Bonchev–Trinajstić information content (AvgIpc) is 2.48. The van der Waals surface area contributed by atoms with Crippen LogP contribution in [-0.4, -0.2) is 13.2 Å². The van der Waals surface area contributed by atoms with Gasteiger partial charge in [-0.2, -0.15) is 0 Å². The van der Waals surface area contributed by atoms with Crippen LogP contribution in [0.5, 0.6) is 11.5 Å². The Morgan fingerprint density at radius 1 is 0.905 bits per heavy atom. The molecule has 3 rings (SSSR count). The van der Waals surface area contributed by atoms with Gasteiger partial charge in [-0.15, -0.1) is 0 Å². The molecule has 0 radical (unpaired) electrons. The first-order chi connectivity index (χ1) is 10.1. The highest BCUT2D eigenvalue weighted by molar-refractivity contribution is 9.11. The Balaban J connectivity index is 2.05. The molecule has 6 heteroatoms. The number of benzene rings is 2. The SMILES string of the molecule is Fc1ccc(Br)c(C(Br)c2cc3c(cc2Br)OCCO3)c1. The normalized spacial score (nSPS) is 14.9. The van der Waals surface area contributed by atoms with E-state index in [4.69, 9.17) is 9.47 Å². The van der Waals surface area contributed by atoms with Crippen LogP contribution >= 0.6 is 47.8 Å². The Kier molecular flexibility index (Phi) is 4.57. The predicted octanol–water partition coefficient (Wildman–Crippen LogP) is 5.61. The van der Waals surface area contributed by atoms with Crippen molar-refractivity contribution in [2.75, 3.05) is 13.2 Å². The molecular weight excluding hydrogens is 471 g/mol. The van der Waals surface area contributed by atoms with Gasteiger partial charge < -0.3 is 9.47 Å². The summed E-state index contributed by atoms with van der Waals surface area (Å²) in [5.41, 5.74) is 1.76. The zero-order chi connectivity index (χ0) is 15.0. The second kappa shape index (κ2) is 6.26. The second-order valence-corrected chi connectivity index (χ2v) is 7.17. The van der Waals surface area contributed by atoms with E-state index < -0.39 is 0 Å². The van der Waals surface area contributed by atoms with Crippen LogP contribution in [0.3, 0.4) is 0 Å². The van der Waals surface area contributed by atoms with E-state index in [1.54, 1.807) is 6.07 Å². The number of hydrogen-bond donors (Lipinski definition) is 0. The zero-order valence-electron chi connectivity index (χ0n) is 10.7. The molecule has 21 heavy (non-hydrogen) atoms. The highest BCUT2D eigenvalue weighted by Gasteiger charge is 2.21. The fraction of sp³-hybridized carbons (Fsp3) is 0.200. The zero-order valence-corrected chi connectivity index (χ0v) is 15.5. The highest BCUT2D eigenvalue weighted by atomic mass is 79.9. The van der Waals surface area contributed by atoms with E-state index in [0.29, 0.717) is 19.0 Å². The quantitative estimate of drug-likeness (QED) is 0.520. The monoisotopic (exact) mass is 478 g/mol. The number of rotatable bonds is 2. The highest BCUT2D eigenvalue weighted by Crippen LogP contribution is 2.44. The molecule has 0 aromatic heterocycles. The summed E-state index contributed by atoms with van der Waals surface area (Å²) in [6.45, 7) is 1.08. The van der Waals surface area contributed by atoms with E-state index in [9.17, 15) is 4.39 Å². The molecule has 1 aliphatic rings. The Morgan fingerprint density at radius 3 is 2.24 bits per heavy atom. The fourth-order valence-corrected chi connectivity index (χ4v) is 4.55. The first-order valence-electron chi connectivity index (χ1n) is 6.24. The Bertz CT molecular complexity index is 691. The van der Waals surface area contributed by atoms with Gasteiger partial charge in [-0.25, -0.2) is 4.39 Å². The predicted molar refractivity (Wildman–Crippen MR) is 90.0 cm³/mol. The summed E-state index contributed by atoms with van der Waals surface area (Å²) in [7, 11) is 0. The van der Waals surface area contributed by atoms with Crippen LogP contribution in [0.4, 0.5) is 4.39 Å². The number of ether oxygens (including phenoxy) is 2. The number of fused-ring (bicyclic) bond motifs is 1. The standard InChI is InChI=1S/C15H10Br3FO2/c16-11-2-1-8(19)5-9(11)15(18)10-6-13-14(7-12(10)17)21-4-3-20-13/h1-2,5-7,15H,3-4H2. The van der Waals surface area contributed by atoms with E-state index in [1.165, 1.54) is 12.1 Å². The summed E-state index contributed by atoms with van der Waals surface area (Å²) in [6.07, 6.45) is 0. The molecule has 1 heterocycles. The lowest BCUT2D eigenvalue weighted by Gasteiger charge is -2.22. The Hall–Kier alpha value is -0.590. The van der Waals surface area contributed by atoms with Crippen molar-refractivity contribution in [3.05, 3.63) is 56.2 Å². The third-order valence-corrected chi connectivity index (χ3v) is 5.56. The summed E-state index contributed by atoms with van der Waals surface area (Å²) >= 11 is 10.6. The van der Waals surface area contributed by atoms with Gasteiger partial charge in [-0.3, -0.25) is 0 Å². The van der Waals surface area contributed by atoms with Crippen LogP contribution in [0.2, 0.25) is 0 Å². The van der Waals surface area contributed by atoms with E-state index in [0.717, 1.165) is 25.8 Å². The molecule has 0 amide bonds. The molecule has 0 aliphatic carbocycles. The van der Waals surface area contributed by atoms with Crippen molar-refractivity contribution in [1.29, 1.82) is 0 Å². The van der Waals surface area contributed by atoms with Crippen molar-refractivity contribution >= 4 is 47.8 Å². The smallest absolute Gasteiger partial charge is 0.162 e. The molecule has 1 aliphatic heterocycles. The van der Waals surface area contributed by atoms with Crippen molar-refractivity contribution in [3.8, 4) is 11.5 Å². The molecule has 1 unspecified atom stereocenters. The van der Waals surface area contributed by atoms with E-state index >= 15 is 0 Å². The number of halogens is 4. The van der Waals surface area contributed by atoms with Gasteiger partial charge in [0.1, 0.15) is 19.0 Å². The third kappa shape index (κ3) is 3.12. The van der Waals surface area contributed by atoms with Crippen LogP contribution in [0.25, 0.3) is 0 Å². The molecule has 0 saturated carbocycles. The Morgan fingerprint density at radius 2 is 1.52 bits per heavy atom. The summed E-state index contributed by atoms with van der Waals surface area (Å²) < 4.78 is 26.4. The third-order valence-electron chi connectivity index (χ3n) is 3.17. The molecule has 0 fully saturated rings. The van der Waals surface area contributed by atoms with Crippen LogP contribution in [0, 0.1) is 5.82 Å². The lowest BCUT2D eigenvalue weighted by atomic mass is 10.0. The van der Waals surface area contributed by atoms with Gasteiger partial charge in [0.2, 0.25) is 0 Å². The first-order valence-corrected chi connectivity index (χ1v) is 8.74. The summed E-state index contributed by atoms with van der Waals surface area (Å²) in [5.74, 6) is 1.15. The molecule has 2 aromatic rings. The van der Waals surface area contributed by atoms with Gasteiger partial charge in [0.15, 0.2) is 11.5 Å². The van der Waals surface area contributed by atoms with E-state index in [1.807, 2.05) is 12.1 Å². The van der Waals surface area contributed by atoms with Gasteiger partial charge in [0.05, 0.1) is 4.83 Å². The topological polar surface area (TPSA) is 18.5 Å². The maximum Gasteiger partial charge on any atom is 0.162 e. The lowest BCUT2D eigenvalue weighted by Crippen LogP contribution is -2.15. The maximum atomic E-state index is 13.5. The van der Waals surface area contributed by atoms with Crippen LogP contribution in [0.1, 0.15) is 16.0 Å². The van der Waals surface area contributed by atoms with Crippen molar-refractivity contribution in [3.63, 3.8) is 0 Å². The average molecular weight is 481 g/mol. The molecule has 2 nitrogen and oxygen atoms in total. The van der Waals surface area contributed by atoms with Crippen molar-refractivity contribution in [1.82, 2.24) is 0 Å². The van der Waals surface area contributed by atoms with Crippen LogP contribution < -0.4 is 9.47 Å². The van der Waals surface area contributed by atoms with Crippen LogP contribution in [-0.2, 0) is 0 Å². The Labute approximate surface area is 147 Å². The van der Waals surface area contributed by atoms with Crippen LogP contribution in [0.15, 0.2) is 39.3 Å². The summed E-state index contributed by atoms with van der Waals surface area (Å²) in [5, 5.41) is 0. The van der Waals surface area contributed by atoms with Gasteiger partial charge in [-0.05, 0) is 41.5 Å². The van der Waals surface area contributed by atoms with Gasteiger partial charge in [-0.1, -0.05) is 47.8 Å². The summed E-state index contributed by atoms with van der Waals surface area (Å²) in [6, 6.07) is 8.42. The molecule has 2 aromatic carbocycles. The molecule has 0 N–H and O–H groups in total. The van der Waals surface area contributed by atoms with Crippen molar-refractivity contribution in [2.24, 2.45) is 0 Å². The minimum atomic E-state index is -0.272. The molecular formula is C15H10Br3FO2. The van der Waals surface area contributed by atoms with Gasteiger partial charge >= 0.3 is 0 Å². The van der Waals surface area contributed by atoms with Crippen molar-refractivity contribution in [2.45, 2.75) is 4.83 Å². The molecule has 110 valence electrons. The number of hydrogen-bond acceptors (Lipinski definition) is 2.